The van der Waals surface area contributed by atoms with Crippen molar-refractivity contribution >= 4 is 16.5 Å². The number of nitrogens with two attached hydrogens (primary N) is 1. The Labute approximate surface area is 112 Å². The summed E-state index contributed by atoms with van der Waals surface area (Å²) in [6.45, 7) is 8.52. The van der Waals surface area contributed by atoms with Crippen molar-refractivity contribution in [3.05, 3.63) is 10.6 Å². The van der Waals surface area contributed by atoms with E-state index in [9.17, 15) is 0 Å². The summed E-state index contributed by atoms with van der Waals surface area (Å²) in [6, 6.07) is 0. The van der Waals surface area contributed by atoms with Gasteiger partial charge in [0.05, 0.1) is 18.9 Å². The van der Waals surface area contributed by atoms with Gasteiger partial charge in [0.25, 0.3) is 0 Å². The van der Waals surface area contributed by atoms with Gasteiger partial charge in [-0.15, -0.1) is 11.3 Å². The zero-order valence-electron chi connectivity index (χ0n) is 10.9. The molecular formula is C12H22N4OS. The number of ether oxygens (including phenoxy) is 1. The van der Waals surface area contributed by atoms with Crippen molar-refractivity contribution in [1.82, 2.24) is 9.88 Å². The molecule has 6 heteroatoms. The summed E-state index contributed by atoms with van der Waals surface area (Å²) < 4.78 is 5.33. The molecule has 102 valence electrons. The Hall–Kier alpha value is -0.690. The van der Waals surface area contributed by atoms with E-state index in [1.165, 1.54) is 4.88 Å². The number of nitrogens with zero attached hydrogens (tertiary/aromatic N) is 2. The van der Waals surface area contributed by atoms with E-state index in [1.54, 1.807) is 11.3 Å². The zero-order valence-corrected chi connectivity index (χ0v) is 11.8. The zero-order chi connectivity index (χ0) is 12.8. The molecule has 0 atom stereocenters. The van der Waals surface area contributed by atoms with Crippen LogP contribution in [-0.2, 0) is 11.2 Å². The van der Waals surface area contributed by atoms with Crippen LogP contribution >= 0.6 is 11.3 Å². The van der Waals surface area contributed by atoms with E-state index < -0.39 is 0 Å². The lowest BCUT2D eigenvalue weighted by atomic mass is 10.3. The molecule has 1 aromatic rings. The fourth-order valence-corrected chi connectivity index (χ4v) is 3.02. The molecule has 1 aromatic heterocycles. The minimum absolute atomic E-state index is 0.691. The van der Waals surface area contributed by atoms with Crippen molar-refractivity contribution in [3.63, 3.8) is 0 Å². The van der Waals surface area contributed by atoms with Gasteiger partial charge in [-0.2, -0.15) is 0 Å². The Morgan fingerprint density at radius 3 is 2.94 bits per heavy atom. The summed E-state index contributed by atoms with van der Waals surface area (Å²) in [4.78, 5) is 8.23. The molecule has 0 aliphatic carbocycles. The summed E-state index contributed by atoms with van der Waals surface area (Å²) in [5.74, 6) is 0. The monoisotopic (exact) mass is 270 g/mol. The molecule has 2 heterocycles. The average molecular weight is 270 g/mol. The highest BCUT2D eigenvalue weighted by Gasteiger charge is 2.10. The molecule has 0 saturated carbocycles. The molecule has 0 aromatic carbocycles. The lowest BCUT2D eigenvalue weighted by Crippen LogP contribution is -2.38. The standard InChI is InChI=1S/C12H22N4OS/c1-10-11(2-3-13)18-12(15-10)14-4-5-16-6-8-17-9-7-16/h2-9,13H2,1H3,(H,14,15). The van der Waals surface area contributed by atoms with Gasteiger partial charge in [0.15, 0.2) is 5.13 Å². The van der Waals surface area contributed by atoms with E-state index in [0.29, 0.717) is 6.54 Å². The van der Waals surface area contributed by atoms with E-state index in [0.717, 1.165) is 56.6 Å². The third-order valence-electron chi connectivity index (χ3n) is 3.07. The van der Waals surface area contributed by atoms with E-state index in [1.807, 2.05) is 0 Å². The number of rotatable bonds is 6. The van der Waals surface area contributed by atoms with Gasteiger partial charge in [-0.3, -0.25) is 4.90 Å². The van der Waals surface area contributed by atoms with Crippen molar-refractivity contribution in [3.8, 4) is 0 Å². The van der Waals surface area contributed by atoms with Gasteiger partial charge in [0.1, 0.15) is 0 Å². The second-order valence-corrected chi connectivity index (χ2v) is 5.53. The number of hydrogen-bond acceptors (Lipinski definition) is 6. The second-order valence-electron chi connectivity index (χ2n) is 4.45. The van der Waals surface area contributed by atoms with Crippen molar-refractivity contribution in [2.75, 3.05) is 51.3 Å². The van der Waals surface area contributed by atoms with Crippen LogP contribution in [0.1, 0.15) is 10.6 Å². The van der Waals surface area contributed by atoms with Crippen molar-refractivity contribution in [2.24, 2.45) is 5.73 Å². The van der Waals surface area contributed by atoms with Gasteiger partial charge < -0.3 is 15.8 Å². The van der Waals surface area contributed by atoms with Crippen LogP contribution in [0.2, 0.25) is 0 Å². The smallest absolute Gasteiger partial charge is 0.183 e. The third kappa shape index (κ3) is 3.91. The molecule has 1 saturated heterocycles. The molecule has 1 aliphatic heterocycles. The van der Waals surface area contributed by atoms with Gasteiger partial charge in [0.2, 0.25) is 0 Å². The maximum atomic E-state index is 5.58. The molecular weight excluding hydrogens is 248 g/mol. The van der Waals surface area contributed by atoms with E-state index in [2.05, 4.69) is 22.1 Å². The molecule has 0 unspecified atom stereocenters. The summed E-state index contributed by atoms with van der Waals surface area (Å²) in [5.41, 5.74) is 6.69. The fraction of sp³-hybridized carbons (Fsp3) is 0.750. The highest BCUT2D eigenvalue weighted by Crippen LogP contribution is 2.22. The first-order valence-electron chi connectivity index (χ1n) is 6.50. The molecule has 2 rings (SSSR count). The van der Waals surface area contributed by atoms with Gasteiger partial charge in [0, 0.05) is 31.1 Å². The van der Waals surface area contributed by atoms with Crippen LogP contribution in [0.25, 0.3) is 0 Å². The number of anilines is 1. The average Bonchev–Trinajstić information content (AvgIpc) is 2.72. The molecule has 0 amide bonds. The van der Waals surface area contributed by atoms with E-state index in [-0.39, 0.29) is 0 Å². The lowest BCUT2D eigenvalue weighted by Gasteiger charge is -2.26. The Morgan fingerprint density at radius 2 is 2.22 bits per heavy atom. The number of morpholine rings is 1. The lowest BCUT2D eigenvalue weighted by molar-refractivity contribution is 0.0398. The van der Waals surface area contributed by atoms with E-state index in [4.69, 9.17) is 10.5 Å². The predicted octanol–water partition coefficient (Wildman–Crippen LogP) is 0.697. The maximum absolute atomic E-state index is 5.58. The Morgan fingerprint density at radius 1 is 1.44 bits per heavy atom. The summed E-state index contributed by atoms with van der Waals surface area (Å²) >= 11 is 1.73. The van der Waals surface area contributed by atoms with Crippen molar-refractivity contribution in [2.45, 2.75) is 13.3 Å². The minimum Gasteiger partial charge on any atom is -0.379 e. The quantitative estimate of drug-likeness (QED) is 0.796. The van der Waals surface area contributed by atoms with Crippen LogP contribution in [0.5, 0.6) is 0 Å². The van der Waals surface area contributed by atoms with Crippen molar-refractivity contribution in [1.29, 1.82) is 0 Å². The van der Waals surface area contributed by atoms with Crippen LogP contribution in [0, 0.1) is 6.92 Å². The van der Waals surface area contributed by atoms with Crippen LogP contribution in [0.4, 0.5) is 5.13 Å². The van der Waals surface area contributed by atoms with Gasteiger partial charge in [-0.05, 0) is 19.9 Å². The first-order valence-corrected chi connectivity index (χ1v) is 7.31. The topological polar surface area (TPSA) is 63.4 Å². The van der Waals surface area contributed by atoms with Crippen LogP contribution < -0.4 is 11.1 Å². The van der Waals surface area contributed by atoms with E-state index >= 15 is 0 Å². The van der Waals surface area contributed by atoms with Gasteiger partial charge >= 0.3 is 0 Å². The summed E-state index contributed by atoms with van der Waals surface area (Å²) in [6.07, 6.45) is 0.925. The van der Waals surface area contributed by atoms with Crippen LogP contribution in [0.15, 0.2) is 0 Å². The van der Waals surface area contributed by atoms with Crippen molar-refractivity contribution < 1.29 is 4.74 Å². The molecule has 3 N–H and O–H groups in total. The highest BCUT2D eigenvalue weighted by molar-refractivity contribution is 7.15. The number of aromatic nitrogens is 1. The maximum Gasteiger partial charge on any atom is 0.183 e. The summed E-state index contributed by atoms with van der Waals surface area (Å²) in [5, 5.41) is 4.41. The summed E-state index contributed by atoms with van der Waals surface area (Å²) in [7, 11) is 0. The van der Waals surface area contributed by atoms with Gasteiger partial charge in [-0.25, -0.2) is 4.98 Å². The first-order chi connectivity index (χ1) is 8.79. The SMILES string of the molecule is Cc1nc(NCCN2CCOCC2)sc1CCN. The number of aryl methyl sites for hydroxylation is 1. The second kappa shape index (κ2) is 7.04. The molecule has 18 heavy (non-hydrogen) atoms. The Balaban J connectivity index is 1.73. The molecule has 0 spiro atoms. The fourth-order valence-electron chi connectivity index (χ4n) is 2.01. The normalized spacial score (nSPS) is 17.0. The molecule has 0 radical (unpaired) electrons. The number of nitrogens with one attached hydrogen (secondary N) is 1. The predicted molar refractivity (Wildman–Crippen MR) is 75.4 cm³/mol. The molecule has 0 bridgehead atoms. The van der Waals surface area contributed by atoms with Gasteiger partial charge in [-0.1, -0.05) is 0 Å². The molecule has 1 fully saturated rings. The minimum atomic E-state index is 0.691. The number of hydrogen-bond donors (Lipinski definition) is 2. The Bertz CT molecular complexity index is 363. The first kappa shape index (κ1) is 13.7. The third-order valence-corrected chi connectivity index (χ3v) is 4.25. The van der Waals surface area contributed by atoms with Crippen LogP contribution in [-0.4, -0.2) is 55.8 Å². The Kier molecular flexibility index (Phi) is 5.37. The molecule has 1 aliphatic rings. The highest BCUT2D eigenvalue weighted by atomic mass is 32.1. The number of thiazole rings is 1. The molecule has 5 nitrogen and oxygen atoms in total. The largest absolute Gasteiger partial charge is 0.379 e. The van der Waals surface area contributed by atoms with Crippen LogP contribution in [0.3, 0.4) is 0 Å².